The second-order valence-electron chi connectivity index (χ2n) is 6.50. The molecular formula is C18H20Cl2N4O3. The summed E-state index contributed by atoms with van der Waals surface area (Å²) in [5.41, 5.74) is 6.92. The van der Waals surface area contributed by atoms with E-state index in [1.807, 2.05) is 18.7 Å². The summed E-state index contributed by atoms with van der Waals surface area (Å²) in [5, 5.41) is 4.68. The van der Waals surface area contributed by atoms with Gasteiger partial charge in [0, 0.05) is 18.7 Å². The summed E-state index contributed by atoms with van der Waals surface area (Å²) in [6.45, 7) is 6.62. The second kappa shape index (κ2) is 7.88. The molecule has 1 fully saturated rings. The molecule has 0 unspecified atom stereocenters. The fraction of sp³-hybridized carbons (Fsp3) is 0.389. The highest BCUT2D eigenvalue weighted by Gasteiger charge is 2.27. The summed E-state index contributed by atoms with van der Waals surface area (Å²) in [6.07, 6.45) is -0.0140. The van der Waals surface area contributed by atoms with Gasteiger partial charge in [-0.1, -0.05) is 34.4 Å². The highest BCUT2D eigenvalue weighted by molar-refractivity contribution is 6.39. The van der Waals surface area contributed by atoms with E-state index in [9.17, 15) is 4.79 Å². The average molecular weight is 411 g/mol. The molecule has 0 bridgehead atoms. The lowest BCUT2D eigenvalue weighted by Crippen LogP contribution is -2.51. The van der Waals surface area contributed by atoms with E-state index in [1.165, 1.54) is 0 Å². The number of nitrogens with zero attached hydrogens (tertiary/aromatic N) is 3. The van der Waals surface area contributed by atoms with Crippen molar-refractivity contribution in [1.82, 2.24) is 10.1 Å². The molecule has 144 valence electrons. The van der Waals surface area contributed by atoms with Crippen LogP contribution in [-0.2, 0) is 4.74 Å². The van der Waals surface area contributed by atoms with E-state index in [-0.39, 0.29) is 29.4 Å². The molecule has 27 heavy (non-hydrogen) atoms. The fourth-order valence-electron chi connectivity index (χ4n) is 3.11. The van der Waals surface area contributed by atoms with Gasteiger partial charge in [0.25, 0.3) is 5.91 Å². The predicted molar refractivity (Wildman–Crippen MR) is 104 cm³/mol. The minimum absolute atomic E-state index is 0.00702. The van der Waals surface area contributed by atoms with Gasteiger partial charge in [0.05, 0.1) is 22.3 Å². The number of hydrogen-bond donors (Lipinski definition) is 1. The maximum atomic E-state index is 12.8. The van der Waals surface area contributed by atoms with Crippen molar-refractivity contribution in [2.75, 3.05) is 13.1 Å². The van der Waals surface area contributed by atoms with Crippen LogP contribution >= 0.6 is 23.2 Å². The SMILES string of the molecule is Cc1onc(-c2c(Cl)cccc2Cl)c1C(=O)N=C(N)N1C[C@H](C)O[C@@H](C)C1. The molecular weight excluding hydrogens is 391 g/mol. The third-order valence-corrected chi connectivity index (χ3v) is 4.87. The first-order chi connectivity index (χ1) is 12.8. The fourth-order valence-corrected chi connectivity index (χ4v) is 3.69. The van der Waals surface area contributed by atoms with Crippen molar-refractivity contribution < 1.29 is 14.1 Å². The number of aliphatic imine (C=N–C) groups is 1. The number of halogens is 2. The number of morpholine rings is 1. The van der Waals surface area contributed by atoms with Crippen LogP contribution in [0.4, 0.5) is 0 Å². The van der Waals surface area contributed by atoms with Crippen LogP contribution in [0.2, 0.25) is 10.0 Å². The zero-order valence-electron chi connectivity index (χ0n) is 15.2. The highest BCUT2D eigenvalue weighted by atomic mass is 35.5. The summed E-state index contributed by atoms with van der Waals surface area (Å²) in [5.74, 6) is -0.130. The minimum Gasteiger partial charge on any atom is -0.372 e. The number of carbonyl (C=O) groups is 1. The van der Waals surface area contributed by atoms with Gasteiger partial charge in [-0.05, 0) is 32.9 Å². The molecule has 1 amide bonds. The first-order valence-corrected chi connectivity index (χ1v) is 9.23. The maximum Gasteiger partial charge on any atom is 0.286 e. The third kappa shape index (κ3) is 4.10. The van der Waals surface area contributed by atoms with Crippen LogP contribution in [0.3, 0.4) is 0 Å². The molecule has 2 atom stereocenters. The predicted octanol–water partition coefficient (Wildman–Crippen LogP) is 3.52. The Morgan fingerprint density at radius 2 is 1.85 bits per heavy atom. The quantitative estimate of drug-likeness (QED) is 0.600. The number of guanidine groups is 1. The standard InChI is InChI=1S/C18H20Cl2N4O3/c1-9-7-24(8-10(2)26-9)18(21)22-17(25)14-11(3)27-23-16(14)15-12(19)5-4-6-13(15)20/h4-6,9-10H,7-8H2,1-3H3,(H2,21,22,25)/t9-,10-/m0/s1. The maximum absolute atomic E-state index is 12.8. The molecule has 2 aromatic rings. The lowest BCUT2D eigenvalue weighted by atomic mass is 10.1. The molecule has 1 aliphatic heterocycles. The molecule has 0 saturated carbocycles. The van der Waals surface area contributed by atoms with Crippen molar-refractivity contribution >= 4 is 35.1 Å². The molecule has 1 saturated heterocycles. The van der Waals surface area contributed by atoms with E-state index in [1.54, 1.807) is 25.1 Å². The molecule has 7 nitrogen and oxygen atoms in total. The zero-order valence-corrected chi connectivity index (χ0v) is 16.7. The molecule has 1 aliphatic rings. The Hall–Kier alpha value is -2.09. The number of benzene rings is 1. The lowest BCUT2D eigenvalue weighted by Gasteiger charge is -2.35. The Bertz CT molecular complexity index is 866. The Kier molecular flexibility index (Phi) is 5.74. The number of rotatable bonds is 2. The van der Waals surface area contributed by atoms with Crippen LogP contribution < -0.4 is 5.73 Å². The minimum atomic E-state index is -0.566. The average Bonchev–Trinajstić information content (AvgIpc) is 2.95. The number of nitrogens with two attached hydrogens (primary N) is 1. The normalized spacial score (nSPS) is 20.8. The van der Waals surface area contributed by atoms with E-state index in [4.69, 9.17) is 38.2 Å². The molecule has 9 heteroatoms. The smallest absolute Gasteiger partial charge is 0.286 e. The van der Waals surface area contributed by atoms with E-state index in [0.29, 0.717) is 34.5 Å². The van der Waals surface area contributed by atoms with Crippen molar-refractivity contribution in [3.63, 3.8) is 0 Å². The van der Waals surface area contributed by atoms with Gasteiger partial charge in [-0.3, -0.25) is 4.79 Å². The van der Waals surface area contributed by atoms with Crippen LogP contribution in [0.1, 0.15) is 30.0 Å². The monoisotopic (exact) mass is 410 g/mol. The van der Waals surface area contributed by atoms with Gasteiger partial charge < -0.3 is 19.9 Å². The molecule has 0 aliphatic carbocycles. The molecule has 0 spiro atoms. The Morgan fingerprint density at radius 3 is 2.44 bits per heavy atom. The number of aromatic nitrogens is 1. The first kappa shape index (κ1) is 19.7. The van der Waals surface area contributed by atoms with Gasteiger partial charge in [0.15, 0.2) is 5.96 Å². The van der Waals surface area contributed by atoms with E-state index >= 15 is 0 Å². The number of ether oxygens (including phenoxy) is 1. The van der Waals surface area contributed by atoms with Gasteiger partial charge in [0.2, 0.25) is 0 Å². The summed E-state index contributed by atoms with van der Waals surface area (Å²) in [7, 11) is 0. The number of hydrogen-bond acceptors (Lipinski definition) is 4. The molecule has 2 heterocycles. The van der Waals surface area contributed by atoms with Crippen LogP contribution in [0.5, 0.6) is 0 Å². The van der Waals surface area contributed by atoms with Gasteiger partial charge in [-0.15, -0.1) is 0 Å². The molecule has 1 aromatic carbocycles. The largest absolute Gasteiger partial charge is 0.372 e. The number of aryl methyl sites for hydroxylation is 1. The van der Waals surface area contributed by atoms with Crippen LogP contribution in [0.25, 0.3) is 11.3 Å². The van der Waals surface area contributed by atoms with E-state index < -0.39 is 5.91 Å². The van der Waals surface area contributed by atoms with E-state index in [2.05, 4.69) is 10.1 Å². The summed E-state index contributed by atoms with van der Waals surface area (Å²) in [4.78, 5) is 18.7. The highest BCUT2D eigenvalue weighted by Crippen LogP contribution is 2.37. The topological polar surface area (TPSA) is 94.0 Å². The van der Waals surface area contributed by atoms with Crippen LogP contribution in [0.15, 0.2) is 27.7 Å². The van der Waals surface area contributed by atoms with Crippen LogP contribution in [-0.4, -0.2) is 47.2 Å². The van der Waals surface area contributed by atoms with Crippen molar-refractivity contribution in [2.24, 2.45) is 10.7 Å². The third-order valence-electron chi connectivity index (χ3n) is 4.24. The lowest BCUT2D eigenvalue weighted by molar-refractivity contribution is -0.0483. The van der Waals surface area contributed by atoms with Gasteiger partial charge in [-0.25, -0.2) is 0 Å². The van der Waals surface area contributed by atoms with Crippen molar-refractivity contribution in [3.8, 4) is 11.3 Å². The van der Waals surface area contributed by atoms with E-state index in [0.717, 1.165) is 0 Å². The summed E-state index contributed by atoms with van der Waals surface area (Å²) < 4.78 is 10.9. The Balaban J connectivity index is 1.95. The first-order valence-electron chi connectivity index (χ1n) is 8.47. The number of amides is 1. The molecule has 1 aromatic heterocycles. The van der Waals surface area contributed by atoms with Gasteiger partial charge in [0.1, 0.15) is 17.0 Å². The van der Waals surface area contributed by atoms with Crippen LogP contribution in [0, 0.1) is 6.92 Å². The van der Waals surface area contributed by atoms with Crippen molar-refractivity contribution in [1.29, 1.82) is 0 Å². The zero-order chi connectivity index (χ0) is 19.7. The Labute approximate surface area is 167 Å². The summed E-state index contributed by atoms with van der Waals surface area (Å²) >= 11 is 12.5. The molecule has 2 N–H and O–H groups in total. The molecule has 0 radical (unpaired) electrons. The number of carbonyl (C=O) groups excluding carboxylic acids is 1. The van der Waals surface area contributed by atoms with Crippen molar-refractivity contribution in [3.05, 3.63) is 39.6 Å². The van der Waals surface area contributed by atoms with Gasteiger partial charge in [-0.2, -0.15) is 4.99 Å². The van der Waals surface area contributed by atoms with Gasteiger partial charge >= 0.3 is 0 Å². The Morgan fingerprint density at radius 1 is 1.26 bits per heavy atom. The second-order valence-corrected chi connectivity index (χ2v) is 7.31. The summed E-state index contributed by atoms with van der Waals surface area (Å²) in [6, 6.07) is 5.03. The van der Waals surface area contributed by atoms with Crippen molar-refractivity contribution in [2.45, 2.75) is 33.0 Å². The molecule has 3 rings (SSSR count).